The summed E-state index contributed by atoms with van der Waals surface area (Å²) >= 11 is 0. The molecule has 5 nitrogen and oxygen atoms in total. The van der Waals surface area contributed by atoms with Crippen LogP contribution in [0.25, 0.3) is 0 Å². The molecule has 0 N–H and O–H groups in total. The lowest BCUT2D eigenvalue weighted by molar-refractivity contribution is -0.165. The highest BCUT2D eigenvalue weighted by atomic mass is 32.2. The summed E-state index contributed by atoms with van der Waals surface area (Å²) in [6.07, 6.45) is 13.5. The van der Waals surface area contributed by atoms with Crippen molar-refractivity contribution in [3.8, 4) is 0 Å². The first-order valence-electron chi connectivity index (χ1n) is 16.1. The van der Waals surface area contributed by atoms with E-state index in [0.717, 1.165) is 50.7 Å². The molecule has 0 saturated heterocycles. The van der Waals surface area contributed by atoms with Crippen molar-refractivity contribution < 1.29 is 13.5 Å². The SMILES string of the molecule is C[C@@H]1[C@H]2[C@H]3C(=O)C=C4[C@@]5(C)Cc6cnoc6C(C)(C)[C@@H]5CC[C@@]4(C)[C@]3(C)CC[C@@]2(/C=N/[S@@](=O)C(C)(C)C)CC[C@H]1C. The Morgan fingerprint density at radius 1 is 1.05 bits per heavy atom. The minimum atomic E-state index is -1.30. The molecule has 5 aliphatic rings. The third kappa shape index (κ3) is 3.83. The van der Waals surface area contributed by atoms with Crippen LogP contribution in [0.15, 0.2) is 26.8 Å². The maximum Gasteiger partial charge on any atom is 0.159 e. The second kappa shape index (κ2) is 8.99. The summed E-state index contributed by atoms with van der Waals surface area (Å²) in [6.45, 7) is 22.8. The zero-order valence-corrected chi connectivity index (χ0v) is 27.9. The predicted octanol–water partition coefficient (Wildman–Crippen LogP) is 8.06. The Morgan fingerprint density at radius 3 is 2.44 bits per heavy atom. The lowest BCUT2D eigenvalue weighted by Crippen LogP contribution is -2.66. The normalized spacial score (nSPS) is 46.0. The van der Waals surface area contributed by atoms with E-state index in [2.05, 4.69) is 65.9 Å². The molecule has 3 fully saturated rings. The van der Waals surface area contributed by atoms with Crippen molar-refractivity contribution in [2.75, 3.05) is 0 Å². The minimum absolute atomic E-state index is 0.0415. The summed E-state index contributed by atoms with van der Waals surface area (Å²) < 4.78 is 23.3. The van der Waals surface area contributed by atoms with Crippen molar-refractivity contribution >= 4 is 23.0 Å². The second-order valence-corrected chi connectivity index (χ2v) is 18.9. The topological polar surface area (TPSA) is 72.5 Å². The van der Waals surface area contributed by atoms with Gasteiger partial charge in [-0.25, -0.2) is 4.21 Å². The smallest absolute Gasteiger partial charge is 0.159 e. The Kier molecular flexibility index (Phi) is 6.47. The lowest BCUT2D eigenvalue weighted by Gasteiger charge is -2.69. The van der Waals surface area contributed by atoms with Crippen molar-refractivity contribution in [1.82, 2.24) is 5.16 Å². The van der Waals surface area contributed by atoms with Gasteiger partial charge in [-0.3, -0.25) is 4.79 Å². The lowest BCUT2D eigenvalue weighted by atomic mass is 9.33. The monoisotopic (exact) mass is 580 g/mol. The van der Waals surface area contributed by atoms with E-state index in [4.69, 9.17) is 8.92 Å². The molecule has 3 saturated carbocycles. The van der Waals surface area contributed by atoms with Gasteiger partial charge >= 0.3 is 0 Å². The Labute approximate surface area is 250 Å². The number of ketones is 1. The molecular weight excluding hydrogens is 528 g/mol. The number of fused-ring (bicyclic) bond motifs is 8. The molecule has 10 atom stereocenters. The molecule has 0 bridgehead atoms. The van der Waals surface area contributed by atoms with Crippen LogP contribution in [0.4, 0.5) is 0 Å². The fraction of sp³-hybridized carbons (Fsp3) is 0.800. The van der Waals surface area contributed by atoms with Gasteiger partial charge in [0.1, 0.15) is 16.7 Å². The van der Waals surface area contributed by atoms with E-state index < -0.39 is 15.7 Å². The standard InChI is InChI=1S/C35H52N2O3S/c1-21-11-14-35(20-37-41(39)30(3,4)5)16-15-34(10)28(27(35)22(21)2)24(38)17-26-32(8)18-23-19-36-40-29(23)31(6,7)25(32)12-13-33(26,34)9/h17,19-22,25,27-28H,11-16,18H2,1-10H3/b37-20+/t21-,22+,25+,27+,28-,32+,33-,34-,35-,41+/m1/s1. The van der Waals surface area contributed by atoms with Gasteiger partial charge in [-0.15, -0.1) is 0 Å². The predicted molar refractivity (Wildman–Crippen MR) is 166 cm³/mol. The van der Waals surface area contributed by atoms with Crippen LogP contribution in [-0.4, -0.2) is 26.1 Å². The summed E-state index contributed by atoms with van der Waals surface area (Å²) in [5.74, 6) is 2.91. The number of carbonyl (C=O) groups is 1. The first kappa shape index (κ1) is 29.5. The van der Waals surface area contributed by atoms with Crippen molar-refractivity contribution in [2.45, 2.75) is 124 Å². The van der Waals surface area contributed by atoms with Gasteiger partial charge in [-0.05, 0) is 112 Å². The molecule has 0 unspecified atom stereocenters. The van der Waals surface area contributed by atoms with Gasteiger partial charge in [-0.1, -0.05) is 59.2 Å². The third-order valence-corrected chi connectivity index (χ3v) is 15.0. The molecule has 0 aromatic carbocycles. The maximum absolute atomic E-state index is 14.7. The van der Waals surface area contributed by atoms with Gasteiger partial charge in [0.15, 0.2) is 5.78 Å². The largest absolute Gasteiger partial charge is 0.361 e. The van der Waals surface area contributed by atoms with Gasteiger partial charge in [0.25, 0.3) is 0 Å². The number of hydrogen-bond acceptors (Lipinski definition) is 4. The first-order chi connectivity index (χ1) is 18.9. The molecule has 0 aliphatic heterocycles. The average Bonchev–Trinajstić information content (AvgIpc) is 3.35. The van der Waals surface area contributed by atoms with E-state index in [9.17, 15) is 9.00 Å². The summed E-state index contributed by atoms with van der Waals surface area (Å²) in [6, 6.07) is 0. The van der Waals surface area contributed by atoms with Gasteiger partial charge in [0, 0.05) is 28.5 Å². The summed E-state index contributed by atoms with van der Waals surface area (Å²) in [5.41, 5.74) is 2.01. The van der Waals surface area contributed by atoms with E-state index >= 15 is 0 Å². The highest BCUT2D eigenvalue weighted by Crippen LogP contribution is 2.74. The van der Waals surface area contributed by atoms with Gasteiger partial charge in [-0.2, -0.15) is 4.40 Å². The molecule has 6 heteroatoms. The number of nitrogens with zero attached hydrogens (tertiary/aromatic N) is 2. The third-order valence-electron chi connectivity index (χ3n) is 13.7. The molecule has 226 valence electrons. The Balaban J connectivity index is 1.48. The Hall–Kier alpha value is -1.56. The van der Waals surface area contributed by atoms with Crippen LogP contribution >= 0.6 is 0 Å². The van der Waals surface area contributed by atoms with Crippen LogP contribution in [0.2, 0.25) is 0 Å². The zero-order valence-electron chi connectivity index (χ0n) is 27.1. The summed E-state index contributed by atoms with van der Waals surface area (Å²) in [5, 5.41) is 4.22. The van der Waals surface area contributed by atoms with Crippen LogP contribution in [-0.2, 0) is 27.6 Å². The zero-order chi connectivity index (χ0) is 30.0. The number of carbonyl (C=O) groups excluding carboxylic acids is 1. The molecule has 1 heterocycles. The molecule has 1 aromatic rings. The molecule has 41 heavy (non-hydrogen) atoms. The summed E-state index contributed by atoms with van der Waals surface area (Å²) in [7, 11) is -1.30. The van der Waals surface area contributed by atoms with E-state index in [0.29, 0.717) is 23.5 Å². The van der Waals surface area contributed by atoms with Crippen molar-refractivity contribution in [3.63, 3.8) is 0 Å². The fourth-order valence-corrected chi connectivity index (χ4v) is 11.7. The van der Waals surface area contributed by atoms with Gasteiger partial charge in [0.2, 0.25) is 0 Å². The summed E-state index contributed by atoms with van der Waals surface area (Å²) in [4.78, 5) is 14.7. The van der Waals surface area contributed by atoms with Crippen LogP contribution < -0.4 is 0 Å². The molecule has 6 rings (SSSR count). The van der Waals surface area contributed by atoms with Crippen LogP contribution in [0, 0.1) is 51.2 Å². The van der Waals surface area contributed by atoms with E-state index in [1.165, 1.54) is 11.1 Å². The highest BCUT2D eigenvalue weighted by Gasteiger charge is 2.70. The van der Waals surface area contributed by atoms with Crippen LogP contribution in [0.3, 0.4) is 0 Å². The number of rotatable bonds is 2. The number of aromatic nitrogens is 1. The first-order valence-corrected chi connectivity index (χ1v) is 17.2. The fourth-order valence-electron chi connectivity index (χ4n) is 11.1. The maximum atomic E-state index is 14.7. The Bertz CT molecular complexity index is 1350. The van der Waals surface area contributed by atoms with Gasteiger partial charge in [0.05, 0.1) is 10.9 Å². The molecular formula is C35H52N2O3S. The van der Waals surface area contributed by atoms with Gasteiger partial charge < -0.3 is 4.52 Å². The molecule has 0 spiro atoms. The van der Waals surface area contributed by atoms with Crippen molar-refractivity contribution in [3.05, 3.63) is 29.2 Å². The quantitative estimate of drug-likeness (QED) is 0.332. The van der Waals surface area contributed by atoms with E-state index in [1.807, 2.05) is 27.0 Å². The van der Waals surface area contributed by atoms with Crippen molar-refractivity contribution in [2.24, 2.45) is 55.6 Å². The number of hydrogen-bond donors (Lipinski definition) is 0. The molecule has 0 radical (unpaired) electrons. The van der Waals surface area contributed by atoms with E-state index in [1.54, 1.807) is 0 Å². The molecule has 5 aliphatic carbocycles. The molecule has 0 amide bonds. The van der Waals surface area contributed by atoms with Crippen LogP contribution in [0.5, 0.6) is 0 Å². The number of allylic oxidation sites excluding steroid dienone is 2. The van der Waals surface area contributed by atoms with E-state index in [-0.39, 0.29) is 38.9 Å². The Morgan fingerprint density at radius 2 is 1.76 bits per heavy atom. The minimum Gasteiger partial charge on any atom is -0.361 e. The average molecular weight is 581 g/mol. The van der Waals surface area contributed by atoms with Crippen molar-refractivity contribution in [1.29, 1.82) is 0 Å². The van der Waals surface area contributed by atoms with Crippen LogP contribution in [0.1, 0.15) is 119 Å². The highest BCUT2D eigenvalue weighted by molar-refractivity contribution is 7.85. The molecule has 1 aromatic heterocycles. The second-order valence-electron chi connectivity index (χ2n) is 17.0.